The van der Waals surface area contributed by atoms with Crippen LogP contribution in [0.2, 0.25) is 0 Å². The average Bonchev–Trinajstić information content (AvgIpc) is 2.21. The first-order valence-electron chi connectivity index (χ1n) is 5.32. The lowest BCUT2D eigenvalue weighted by atomic mass is 10.5. The smallest absolute Gasteiger partial charge is 0.319 e. The van der Waals surface area contributed by atoms with E-state index in [1.165, 1.54) is 0 Å². The summed E-state index contributed by atoms with van der Waals surface area (Å²) in [6.07, 6.45) is 0.593. The van der Waals surface area contributed by atoms with Crippen molar-refractivity contribution in [2.24, 2.45) is 0 Å². The van der Waals surface area contributed by atoms with Crippen molar-refractivity contribution in [2.45, 2.75) is 46.2 Å². The molecule has 0 aliphatic heterocycles. The molecule has 86 valence electrons. The van der Waals surface area contributed by atoms with Gasteiger partial charge in [0.2, 0.25) is 0 Å². The van der Waals surface area contributed by atoms with Gasteiger partial charge in [-0.2, -0.15) is 0 Å². The summed E-state index contributed by atoms with van der Waals surface area (Å²) in [6.45, 7) is 7.14. The molecule has 0 amide bonds. The molecule has 0 fully saturated rings. The molecule has 0 unspecified atom stereocenters. The maximum Gasteiger partial charge on any atom is 0.410 e. The zero-order chi connectivity index (χ0) is 10.9. The number of ether oxygens (including phenoxy) is 3. The van der Waals surface area contributed by atoms with Gasteiger partial charge in [-0.05, 0) is 19.3 Å². The maximum absolute atomic E-state index is 9.74. The second-order valence-corrected chi connectivity index (χ2v) is 3.07. The minimum Gasteiger partial charge on any atom is -0.319 e. The second kappa shape index (κ2) is 8.17. The van der Waals surface area contributed by atoms with Crippen molar-refractivity contribution in [2.75, 3.05) is 19.8 Å². The highest BCUT2D eigenvalue weighted by atomic mass is 17.0. The largest absolute Gasteiger partial charge is 0.410 e. The first-order valence-corrected chi connectivity index (χ1v) is 5.32. The molecule has 0 saturated heterocycles. The molecule has 0 rings (SSSR count). The molecule has 0 atom stereocenters. The van der Waals surface area contributed by atoms with Crippen LogP contribution in [0.15, 0.2) is 0 Å². The molecule has 1 N–H and O–H groups in total. The third-order valence-corrected chi connectivity index (χ3v) is 1.47. The second-order valence-electron chi connectivity index (χ2n) is 3.07. The molecule has 4 nitrogen and oxygen atoms in total. The minimum absolute atomic E-state index is 0.421. The summed E-state index contributed by atoms with van der Waals surface area (Å²) in [5, 5.41) is 9.74. The van der Waals surface area contributed by atoms with Crippen molar-refractivity contribution in [1.82, 2.24) is 0 Å². The first-order chi connectivity index (χ1) is 6.68. The van der Waals surface area contributed by atoms with Crippen molar-refractivity contribution in [1.29, 1.82) is 0 Å². The summed E-state index contributed by atoms with van der Waals surface area (Å²) < 4.78 is 15.3. The Bertz CT molecular complexity index is 106. The van der Waals surface area contributed by atoms with Crippen molar-refractivity contribution in [3.05, 3.63) is 0 Å². The predicted octanol–water partition coefficient (Wildman–Crippen LogP) is 1.87. The maximum atomic E-state index is 9.74. The fraction of sp³-hybridized carbons (Fsp3) is 1.00. The Hall–Kier alpha value is -0.160. The lowest BCUT2D eigenvalue weighted by Crippen LogP contribution is -2.39. The van der Waals surface area contributed by atoms with Crippen molar-refractivity contribution in [3.8, 4) is 0 Å². The van der Waals surface area contributed by atoms with Crippen LogP contribution in [0.25, 0.3) is 0 Å². The van der Waals surface area contributed by atoms with E-state index in [-0.39, 0.29) is 0 Å². The first kappa shape index (κ1) is 13.8. The summed E-state index contributed by atoms with van der Waals surface area (Å²) in [5.41, 5.74) is 0. The molecule has 0 aliphatic carbocycles. The zero-order valence-corrected chi connectivity index (χ0v) is 9.41. The molecular weight excluding hydrogens is 184 g/mol. The van der Waals surface area contributed by atoms with Gasteiger partial charge in [0.1, 0.15) is 0 Å². The Morgan fingerprint density at radius 2 is 1.07 bits per heavy atom. The molecule has 0 heterocycles. The van der Waals surface area contributed by atoms with Gasteiger partial charge in [-0.3, -0.25) is 0 Å². The van der Waals surface area contributed by atoms with Gasteiger partial charge in [0.15, 0.2) is 0 Å². The molecule has 14 heavy (non-hydrogen) atoms. The summed E-state index contributed by atoms with van der Waals surface area (Å²) in [7, 11) is 0. The van der Waals surface area contributed by atoms with Gasteiger partial charge >= 0.3 is 6.16 Å². The zero-order valence-electron chi connectivity index (χ0n) is 9.41. The van der Waals surface area contributed by atoms with Crippen LogP contribution in [0.3, 0.4) is 0 Å². The Kier molecular flexibility index (Phi) is 8.08. The van der Waals surface area contributed by atoms with Gasteiger partial charge in [-0.15, -0.1) is 0 Å². The van der Waals surface area contributed by atoms with Gasteiger partial charge in [0.25, 0.3) is 0 Å². The van der Waals surface area contributed by atoms with Crippen LogP contribution in [0.5, 0.6) is 0 Å². The van der Waals surface area contributed by atoms with Crippen molar-refractivity contribution in [3.63, 3.8) is 0 Å². The average molecular weight is 206 g/mol. The topological polar surface area (TPSA) is 47.9 Å². The highest BCUT2D eigenvalue weighted by Crippen LogP contribution is 2.12. The van der Waals surface area contributed by atoms with Crippen LogP contribution in [-0.4, -0.2) is 31.1 Å². The van der Waals surface area contributed by atoms with Gasteiger partial charge in [-0.1, -0.05) is 20.8 Å². The van der Waals surface area contributed by atoms with Gasteiger partial charge in [-0.25, -0.2) is 0 Å². The monoisotopic (exact) mass is 206 g/mol. The van der Waals surface area contributed by atoms with E-state index in [1.54, 1.807) is 0 Å². The van der Waals surface area contributed by atoms with Crippen LogP contribution < -0.4 is 0 Å². The molecule has 0 aromatic rings. The molecule has 4 heteroatoms. The fourth-order valence-electron chi connectivity index (χ4n) is 0.818. The predicted molar refractivity (Wildman–Crippen MR) is 53.7 cm³/mol. The lowest BCUT2D eigenvalue weighted by molar-refractivity contribution is -0.485. The standard InChI is InChI=1S/C10H22O4/c1-4-7-12-10(11,13-8-5-2)14-9-6-3/h11H,4-9H2,1-3H3. The fourth-order valence-corrected chi connectivity index (χ4v) is 0.818. The van der Waals surface area contributed by atoms with Crippen LogP contribution in [0, 0.1) is 0 Å². The minimum atomic E-state index is -1.85. The van der Waals surface area contributed by atoms with Crippen LogP contribution >= 0.6 is 0 Å². The lowest BCUT2D eigenvalue weighted by Gasteiger charge is -2.26. The van der Waals surface area contributed by atoms with Gasteiger partial charge in [0.05, 0.1) is 19.8 Å². The Balaban J connectivity index is 3.89. The van der Waals surface area contributed by atoms with E-state index in [0.29, 0.717) is 19.8 Å². The highest BCUT2D eigenvalue weighted by molar-refractivity contribution is 4.39. The molecule has 0 spiro atoms. The SMILES string of the molecule is CCCOC(O)(OCCC)OCCC. The van der Waals surface area contributed by atoms with Crippen molar-refractivity contribution < 1.29 is 19.3 Å². The molecule has 0 aromatic heterocycles. The van der Waals surface area contributed by atoms with Crippen LogP contribution in [-0.2, 0) is 14.2 Å². The van der Waals surface area contributed by atoms with E-state index in [0.717, 1.165) is 19.3 Å². The third-order valence-electron chi connectivity index (χ3n) is 1.47. The van der Waals surface area contributed by atoms with E-state index in [4.69, 9.17) is 14.2 Å². The summed E-state index contributed by atoms with van der Waals surface area (Å²) in [6, 6.07) is 0. The Morgan fingerprint density at radius 3 is 1.29 bits per heavy atom. The van der Waals surface area contributed by atoms with Gasteiger partial charge in [0, 0.05) is 0 Å². The van der Waals surface area contributed by atoms with Crippen LogP contribution in [0.4, 0.5) is 0 Å². The number of rotatable bonds is 9. The molecule has 0 bridgehead atoms. The normalized spacial score (nSPS) is 12.0. The number of hydrogen-bond acceptors (Lipinski definition) is 4. The Morgan fingerprint density at radius 1 is 0.786 bits per heavy atom. The highest BCUT2D eigenvalue weighted by Gasteiger charge is 2.29. The van der Waals surface area contributed by atoms with E-state index in [1.807, 2.05) is 20.8 Å². The third kappa shape index (κ3) is 6.32. The Labute approximate surface area is 86.2 Å². The number of hydrogen-bond donors (Lipinski definition) is 1. The van der Waals surface area contributed by atoms with E-state index in [2.05, 4.69) is 0 Å². The van der Waals surface area contributed by atoms with E-state index >= 15 is 0 Å². The molecular formula is C10H22O4. The molecule has 0 aliphatic rings. The summed E-state index contributed by atoms with van der Waals surface area (Å²) in [5.74, 6) is 0. The van der Waals surface area contributed by atoms with Crippen molar-refractivity contribution >= 4 is 0 Å². The molecule has 0 aromatic carbocycles. The quantitative estimate of drug-likeness (QED) is 0.585. The number of aliphatic hydroxyl groups is 1. The van der Waals surface area contributed by atoms with Crippen LogP contribution in [0.1, 0.15) is 40.0 Å². The molecule has 0 radical (unpaired) electrons. The van der Waals surface area contributed by atoms with Gasteiger partial charge < -0.3 is 19.3 Å². The summed E-state index contributed by atoms with van der Waals surface area (Å²) >= 11 is 0. The van der Waals surface area contributed by atoms with E-state index < -0.39 is 6.16 Å². The van der Waals surface area contributed by atoms with E-state index in [9.17, 15) is 5.11 Å². The molecule has 0 saturated carbocycles. The summed E-state index contributed by atoms with van der Waals surface area (Å²) in [4.78, 5) is 0.